The first-order chi connectivity index (χ1) is 32.0. The summed E-state index contributed by atoms with van der Waals surface area (Å²) in [7, 11) is -1.06. The molecule has 6 heteroatoms. The highest BCUT2D eigenvalue weighted by Crippen LogP contribution is 2.57. The summed E-state index contributed by atoms with van der Waals surface area (Å²) in [6.45, 7) is 23.9. The van der Waals surface area contributed by atoms with Crippen LogP contribution in [0.5, 0.6) is 0 Å². The van der Waals surface area contributed by atoms with Crippen LogP contribution in [0.25, 0.3) is 11.1 Å². The molecule has 7 rings (SSSR count). The number of benzene rings is 4. The maximum atomic E-state index is 6.82. The van der Waals surface area contributed by atoms with E-state index in [4.69, 9.17) is 25.0 Å². The fourth-order valence-corrected chi connectivity index (χ4v) is 10.2. The van der Waals surface area contributed by atoms with E-state index < -0.39 is 42.1 Å². The molecule has 3 aliphatic rings. The van der Waals surface area contributed by atoms with Gasteiger partial charge in [0, 0.05) is 5.56 Å². The summed E-state index contributed by atoms with van der Waals surface area (Å²) in [4.78, 5) is 0. The topological polar surface area (TPSA) is 36.9 Å². The Morgan fingerprint density at radius 2 is 0.851 bits per heavy atom. The van der Waals surface area contributed by atoms with Gasteiger partial charge in [0.1, 0.15) is 0 Å². The molecule has 0 aromatic heterocycles. The van der Waals surface area contributed by atoms with E-state index in [0.717, 1.165) is 55.0 Å². The number of rotatable bonds is 19. The van der Waals surface area contributed by atoms with Gasteiger partial charge in [-0.05, 0) is 191 Å². The van der Waals surface area contributed by atoms with Gasteiger partial charge in [0.15, 0.2) is 0 Å². The first-order valence-corrected chi connectivity index (χ1v) is 25.7. The van der Waals surface area contributed by atoms with Crippen molar-refractivity contribution in [2.24, 2.45) is 0 Å². The van der Waals surface area contributed by atoms with Gasteiger partial charge in [-0.2, -0.15) is 0 Å². The minimum Gasteiger partial charge on any atom is -0.399 e. The van der Waals surface area contributed by atoms with Crippen molar-refractivity contribution in [3.63, 3.8) is 0 Å². The van der Waals surface area contributed by atoms with E-state index in [9.17, 15) is 0 Å². The van der Waals surface area contributed by atoms with Gasteiger partial charge in [0.05, 0.1) is 27.8 Å². The summed E-state index contributed by atoms with van der Waals surface area (Å²) in [6, 6.07) is 28.6. The Bertz CT molecular complexity index is 2420. The first kappa shape index (κ1) is 50.4. The Morgan fingerprint density at radius 3 is 1.25 bits per heavy atom. The second-order valence-electron chi connectivity index (χ2n) is 21.6. The van der Waals surface area contributed by atoms with E-state index in [0.29, 0.717) is 0 Å². The second-order valence-corrected chi connectivity index (χ2v) is 21.6. The van der Waals surface area contributed by atoms with Gasteiger partial charge < -0.3 is 18.6 Å². The normalized spacial score (nSPS) is 17.8. The Balaban J connectivity index is 1.57. The minimum atomic E-state index is -0.762. The van der Waals surface area contributed by atoms with E-state index in [2.05, 4.69) is 179 Å². The molecule has 4 aromatic rings. The third-order valence-corrected chi connectivity index (χ3v) is 15.5. The van der Waals surface area contributed by atoms with E-state index in [1.165, 1.54) is 108 Å². The predicted molar refractivity (Wildman–Crippen MR) is 282 cm³/mol. The molecule has 2 fully saturated rings. The highest BCUT2D eigenvalue weighted by atomic mass is 16.7. The molecule has 2 heterocycles. The van der Waals surface area contributed by atoms with Crippen molar-refractivity contribution in [1.82, 2.24) is 0 Å². The summed E-state index contributed by atoms with van der Waals surface area (Å²) < 4.78 is 27.3. The summed E-state index contributed by atoms with van der Waals surface area (Å²) in [5.41, 5.74) is 11.6. The zero-order valence-electron chi connectivity index (χ0n) is 42.9. The fourth-order valence-electron chi connectivity index (χ4n) is 10.2. The van der Waals surface area contributed by atoms with Crippen LogP contribution in [0.15, 0.2) is 72.8 Å². The van der Waals surface area contributed by atoms with E-state index in [1.807, 2.05) is 0 Å². The summed E-state index contributed by atoms with van der Waals surface area (Å²) >= 11 is 0. The van der Waals surface area contributed by atoms with E-state index >= 15 is 0 Å². The Kier molecular flexibility index (Phi) is 15.8. The Labute approximate surface area is 406 Å². The molecule has 2 aliphatic heterocycles. The molecule has 2 saturated heterocycles. The predicted octanol–water partition coefficient (Wildman–Crippen LogP) is 13.0. The molecule has 0 amide bonds. The maximum absolute atomic E-state index is 6.82. The van der Waals surface area contributed by atoms with Crippen LogP contribution < -0.4 is 10.9 Å². The van der Waals surface area contributed by atoms with Crippen LogP contribution in [0.2, 0.25) is 0 Å². The quantitative estimate of drug-likeness (QED) is 0.0470. The molecular weight excluding hydrogens is 818 g/mol. The smallest absolute Gasteiger partial charge is 0.399 e. The number of hydrogen-bond donors (Lipinski definition) is 0. The molecule has 350 valence electrons. The number of unbranched alkanes of at least 4 members (excludes halogenated alkanes) is 9. The molecule has 0 radical (unpaired) electrons. The van der Waals surface area contributed by atoms with E-state index in [-0.39, 0.29) is 0 Å². The molecule has 67 heavy (non-hydrogen) atoms. The lowest BCUT2D eigenvalue weighted by Gasteiger charge is -2.36. The molecule has 1 aliphatic carbocycles. The van der Waals surface area contributed by atoms with Gasteiger partial charge in [-0.15, -0.1) is 6.42 Å². The largest absolute Gasteiger partial charge is 0.494 e. The average Bonchev–Trinajstić information content (AvgIpc) is 3.80. The van der Waals surface area contributed by atoms with Crippen molar-refractivity contribution < 1.29 is 18.6 Å². The monoisotopic (exact) mass is 895 g/mol. The third kappa shape index (κ3) is 10.6. The average molecular weight is 895 g/mol. The molecule has 0 unspecified atom stereocenters. The zero-order valence-corrected chi connectivity index (χ0v) is 42.9. The van der Waals surface area contributed by atoms with Crippen molar-refractivity contribution in [1.29, 1.82) is 0 Å². The summed E-state index contributed by atoms with van der Waals surface area (Å²) in [5, 5.41) is 0. The standard InChI is InChI=1S/C61H76B2O4/c1-13-17-21-25-29-45-37-46(30-26-22-18-14-2)40-49(39-45)61(50-41-47(31-27-23-19-15-3)38-48(42-50)32-28-24-20-16-4)55-43-51(62-64-57(5,6)58(7,8)65-62)33-35-53(55)54-36-34-52(44-56(54)61)63-66-59(9,10)60(11,12)67-63/h1,33-44H,14-16,18-20,22-24,26-28,30-32H2,2-12H3. The number of fused-ring (bicyclic) bond motifs is 3. The highest BCUT2D eigenvalue weighted by molar-refractivity contribution is 6.62. The van der Waals surface area contributed by atoms with E-state index in [1.54, 1.807) is 0 Å². The fraction of sp³-hybridized carbons (Fsp3) is 0.508. The molecular formula is C61H76B2O4. The second kappa shape index (κ2) is 21.0. The van der Waals surface area contributed by atoms with Crippen LogP contribution in [0.4, 0.5) is 0 Å². The van der Waals surface area contributed by atoms with Crippen molar-refractivity contribution in [2.45, 2.75) is 200 Å². The van der Waals surface area contributed by atoms with Gasteiger partial charge in [0.2, 0.25) is 0 Å². The van der Waals surface area contributed by atoms with Gasteiger partial charge in [-0.25, -0.2) is 0 Å². The lowest BCUT2D eigenvalue weighted by atomic mass is 9.64. The Morgan fingerprint density at radius 1 is 0.448 bits per heavy atom. The lowest BCUT2D eigenvalue weighted by Crippen LogP contribution is -2.41. The van der Waals surface area contributed by atoms with Crippen molar-refractivity contribution >= 4 is 25.2 Å². The molecule has 0 atom stereocenters. The van der Waals surface area contributed by atoms with Crippen molar-refractivity contribution in [3.05, 3.63) is 117 Å². The number of terminal acetylenes is 1. The van der Waals surface area contributed by atoms with Crippen LogP contribution in [0.1, 0.15) is 198 Å². The molecule has 4 aromatic carbocycles. The Hall–Kier alpha value is -4.47. The third-order valence-electron chi connectivity index (χ3n) is 15.5. The molecule has 0 saturated carbocycles. The number of hydrogen-bond acceptors (Lipinski definition) is 4. The minimum absolute atomic E-state index is 0.491. The SMILES string of the molecule is C#CC#CC#Cc1cc(CCCCCC)cc(C2(c3cc(CCCCCC)cc(CCCCCC)c3)c3cc(B4OC(C)(C)C(C)(C)O4)ccc3-c3ccc(B4OC(C)(C)C(C)(C)O4)cc32)c1. The van der Waals surface area contributed by atoms with Gasteiger partial charge in [-0.1, -0.05) is 145 Å². The van der Waals surface area contributed by atoms with Gasteiger partial charge >= 0.3 is 14.2 Å². The maximum Gasteiger partial charge on any atom is 0.494 e. The molecule has 0 spiro atoms. The zero-order chi connectivity index (χ0) is 48.0. The number of aryl methyl sites for hydroxylation is 3. The van der Waals surface area contributed by atoms with Crippen LogP contribution in [-0.4, -0.2) is 36.6 Å². The van der Waals surface area contributed by atoms with Crippen LogP contribution >= 0.6 is 0 Å². The molecule has 4 nitrogen and oxygen atoms in total. The van der Waals surface area contributed by atoms with Crippen LogP contribution in [0.3, 0.4) is 0 Å². The first-order valence-electron chi connectivity index (χ1n) is 25.7. The van der Waals surface area contributed by atoms with Crippen LogP contribution in [-0.2, 0) is 43.3 Å². The summed E-state index contributed by atoms with van der Waals surface area (Å²) in [5.74, 6) is 14.6. The van der Waals surface area contributed by atoms with Crippen LogP contribution in [0, 0.1) is 36.0 Å². The molecule has 0 bridgehead atoms. The highest BCUT2D eigenvalue weighted by Gasteiger charge is 2.55. The van der Waals surface area contributed by atoms with Gasteiger partial charge in [-0.3, -0.25) is 0 Å². The summed E-state index contributed by atoms with van der Waals surface area (Å²) in [6.07, 6.45) is 23.0. The van der Waals surface area contributed by atoms with Crippen molar-refractivity contribution in [3.8, 4) is 47.2 Å². The van der Waals surface area contributed by atoms with Crippen molar-refractivity contribution in [2.75, 3.05) is 0 Å². The lowest BCUT2D eigenvalue weighted by molar-refractivity contribution is 0.00578. The molecule has 0 N–H and O–H groups in total. The van der Waals surface area contributed by atoms with Gasteiger partial charge in [0.25, 0.3) is 0 Å².